The zero-order valence-electron chi connectivity index (χ0n) is 17.1. The minimum absolute atomic E-state index is 0.100. The summed E-state index contributed by atoms with van der Waals surface area (Å²) in [5.74, 6) is 0.687. The highest BCUT2D eigenvalue weighted by atomic mass is 16.5. The standard InChI is InChI=1S/C20H36N4O3/c1-3-21-12-14-24(15-13-21)20(26)17-4-8-22(9-5-17)18-6-10-23(11-7-18)19(25)16-27-2/h17-18H,3-16H2,1-2H3. The lowest BCUT2D eigenvalue weighted by molar-refractivity contribution is -0.140. The van der Waals surface area contributed by atoms with E-state index in [1.54, 1.807) is 7.11 Å². The minimum atomic E-state index is 0.100. The molecule has 7 heteroatoms. The lowest BCUT2D eigenvalue weighted by atomic mass is 9.92. The van der Waals surface area contributed by atoms with Gasteiger partial charge >= 0.3 is 0 Å². The van der Waals surface area contributed by atoms with E-state index in [4.69, 9.17) is 4.74 Å². The third-order valence-corrected chi connectivity index (χ3v) is 6.61. The fraction of sp³-hybridized carbons (Fsp3) is 0.900. The van der Waals surface area contributed by atoms with Crippen LogP contribution in [0.3, 0.4) is 0 Å². The van der Waals surface area contributed by atoms with Crippen molar-refractivity contribution in [2.24, 2.45) is 5.92 Å². The summed E-state index contributed by atoms with van der Waals surface area (Å²) in [6.07, 6.45) is 4.03. The van der Waals surface area contributed by atoms with Crippen LogP contribution < -0.4 is 0 Å². The van der Waals surface area contributed by atoms with E-state index < -0.39 is 0 Å². The first-order valence-electron chi connectivity index (χ1n) is 10.6. The second-order valence-corrected chi connectivity index (χ2v) is 8.11. The Hall–Kier alpha value is -1.18. The Morgan fingerprint density at radius 3 is 2.04 bits per heavy atom. The van der Waals surface area contributed by atoms with Crippen LogP contribution in [0.5, 0.6) is 0 Å². The van der Waals surface area contributed by atoms with E-state index >= 15 is 0 Å². The van der Waals surface area contributed by atoms with Crippen LogP contribution in [0.25, 0.3) is 0 Å². The van der Waals surface area contributed by atoms with Gasteiger partial charge in [0.05, 0.1) is 0 Å². The number of piperazine rings is 1. The molecule has 3 aliphatic rings. The molecule has 154 valence electrons. The third kappa shape index (κ3) is 5.21. The Labute approximate surface area is 163 Å². The molecule has 27 heavy (non-hydrogen) atoms. The third-order valence-electron chi connectivity index (χ3n) is 6.61. The summed E-state index contributed by atoms with van der Waals surface area (Å²) < 4.78 is 4.96. The molecule has 0 unspecified atom stereocenters. The summed E-state index contributed by atoms with van der Waals surface area (Å²) in [7, 11) is 1.57. The Morgan fingerprint density at radius 2 is 1.48 bits per heavy atom. The van der Waals surface area contributed by atoms with Crippen molar-refractivity contribution in [1.29, 1.82) is 0 Å². The van der Waals surface area contributed by atoms with Gasteiger partial charge in [-0.05, 0) is 45.3 Å². The summed E-state index contributed by atoms with van der Waals surface area (Å²) in [5, 5.41) is 0. The first kappa shape index (κ1) is 20.6. The maximum atomic E-state index is 12.8. The van der Waals surface area contributed by atoms with Gasteiger partial charge in [0, 0.05) is 58.3 Å². The highest BCUT2D eigenvalue weighted by Gasteiger charge is 2.33. The van der Waals surface area contributed by atoms with Crippen molar-refractivity contribution in [3.63, 3.8) is 0 Å². The van der Waals surface area contributed by atoms with E-state index in [9.17, 15) is 9.59 Å². The average Bonchev–Trinajstić information content (AvgIpc) is 2.74. The summed E-state index contributed by atoms with van der Waals surface area (Å²) in [6, 6.07) is 0.556. The van der Waals surface area contributed by atoms with Crippen molar-refractivity contribution in [1.82, 2.24) is 19.6 Å². The monoisotopic (exact) mass is 380 g/mol. The Bertz CT molecular complexity index is 491. The van der Waals surface area contributed by atoms with Gasteiger partial charge in [0.2, 0.25) is 11.8 Å². The second kappa shape index (κ2) is 9.85. The zero-order chi connectivity index (χ0) is 19.2. The van der Waals surface area contributed by atoms with Crippen LogP contribution in [-0.2, 0) is 14.3 Å². The van der Waals surface area contributed by atoms with Crippen molar-refractivity contribution >= 4 is 11.8 Å². The number of ether oxygens (including phenoxy) is 1. The number of likely N-dealkylation sites (N-methyl/N-ethyl adjacent to an activating group) is 1. The number of carbonyl (C=O) groups is 2. The summed E-state index contributed by atoms with van der Waals surface area (Å²) in [4.78, 5) is 33.8. The quantitative estimate of drug-likeness (QED) is 0.695. The van der Waals surface area contributed by atoms with Crippen molar-refractivity contribution in [2.45, 2.75) is 38.6 Å². The SMILES string of the molecule is CCN1CCN(C(=O)C2CCN(C3CCN(C(=O)COC)CC3)CC2)CC1. The van der Waals surface area contributed by atoms with Gasteiger partial charge < -0.3 is 24.3 Å². The molecular weight excluding hydrogens is 344 g/mol. The van der Waals surface area contributed by atoms with Crippen molar-refractivity contribution in [3.8, 4) is 0 Å². The topological polar surface area (TPSA) is 56.3 Å². The Balaban J connectivity index is 1.39. The molecular formula is C20H36N4O3. The molecule has 3 heterocycles. The summed E-state index contributed by atoms with van der Waals surface area (Å²) in [6.45, 7) is 10.9. The van der Waals surface area contributed by atoms with Gasteiger partial charge in [0.25, 0.3) is 0 Å². The van der Waals surface area contributed by atoms with Crippen LogP contribution >= 0.6 is 0 Å². The van der Waals surface area contributed by atoms with Crippen molar-refractivity contribution in [3.05, 3.63) is 0 Å². The molecule has 3 saturated heterocycles. The van der Waals surface area contributed by atoms with Crippen LogP contribution in [0, 0.1) is 5.92 Å². The van der Waals surface area contributed by atoms with Crippen LogP contribution in [0.1, 0.15) is 32.6 Å². The first-order valence-corrected chi connectivity index (χ1v) is 10.6. The van der Waals surface area contributed by atoms with E-state index in [0.29, 0.717) is 11.9 Å². The van der Waals surface area contributed by atoms with Crippen LogP contribution in [-0.4, -0.2) is 110 Å². The molecule has 3 aliphatic heterocycles. The van der Waals surface area contributed by atoms with Gasteiger partial charge in [-0.2, -0.15) is 0 Å². The fourth-order valence-electron chi connectivity index (χ4n) is 4.75. The Morgan fingerprint density at radius 1 is 0.852 bits per heavy atom. The largest absolute Gasteiger partial charge is 0.375 e. The zero-order valence-corrected chi connectivity index (χ0v) is 17.1. The minimum Gasteiger partial charge on any atom is -0.375 e. The highest BCUT2D eigenvalue weighted by Crippen LogP contribution is 2.25. The number of likely N-dealkylation sites (tertiary alicyclic amines) is 2. The average molecular weight is 381 g/mol. The normalized spacial score (nSPS) is 24.4. The van der Waals surface area contributed by atoms with Gasteiger partial charge in [-0.25, -0.2) is 0 Å². The molecule has 0 radical (unpaired) electrons. The van der Waals surface area contributed by atoms with Crippen LogP contribution in [0.2, 0.25) is 0 Å². The predicted octanol–water partition coefficient (Wildman–Crippen LogP) is 0.500. The summed E-state index contributed by atoms with van der Waals surface area (Å²) >= 11 is 0. The maximum absolute atomic E-state index is 12.8. The molecule has 2 amide bonds. The molecule has 0 spiro atoms. The van der Waals surface area contributed by atoms with Crippen molar-refractivity contribution in [2.75, 3.05) is 72.6 Å². The number of rotatable bonds is 5. The number of carbonyl (C=O) groups excluding carboxylic acids is 2. The number of piperidine rings is 2. The van der Waals surface area contributed by atoms with Crippen molar-refractivity contribution < 1.29 is 14.3 Å². The second-order valence-electron chi connectivity index (χ2n) is 8.11. The molecule has 0 aliphatic carbocycles. The van der Waals surface area contributed by atoms with Crippen LogP contribution in [0.15, 0.2) is 0 Å². The first-order chi connectivity index (χ1) is 13.1. The molecule has 7 nitrogen and oxygen atoms in total. The molecule has 0 aromatic heterocycles. The Kier molecular flexibility index (Phi) is 7.49. The lowest BCUT2D eigenvalue weighted by Gasteiger charge is -2.42. The number of nitrogens with zero attached hydrogens (tertiary/aromatic N) is 4. The van der Waals surface area contributed by atoms with E-state index in [2.05, 4.69) is 21.6 Å². The van der Waals surface area contributed by atoms with Gasteiger partial charge in [-0.1, -0.05) is 6.92 Å². The molecule has 0 atom stereocenters. The predicted molar refractivity (Wildman–Crippen MR) is 104 cm³/mol. The fourth-order valence-corrected chi connectivity index (χ4v) is 4.75. The van der Waals surface area contributed by atoms with Gasteiger partial charge in [0.15, 0.2) is 0 Å². The van der Waals surface area contributed by atoms with E-state index in [1.165, 1.54) is 0 Å². The molecule has 0 aromatic rings. The number of amides is 2. The van der Waals surface area contributed by atoms with Crippen LogP contribution in [0.4, 0.5) is 0 Å². The highest BCUT2D eigenvalue weighted by molar-refractivity contribution is 5.79. The number of hydrogen-bond acceptors (Lipinski definition) is 5. The maximum Gasteiger partial charge on any atom is 0.248 e. The van der Waals surface area contributed by atoms with E-state index in [1.807, 2.05) is 4.90 Å². The van der Waals surface area contributed by atoms with E-state index in [-0.39, 0.29) is 18.4 Å². The molecule has 0 aromatic carbocycles. The molecule has 0 N–H and O–H groups in total. The molecule has 0 bridgehead atoms. The smallest absolute Gasteiger partial charge is 0.248 e. The number of hydrogen-bond donors (Lipinski definition) is 0. The van der Waals surface area contributed by atoms with Gasteiger partial charge in [0.1, 0.15) is 6.61 Å². The lowest BCUT2D eigenvalue weighted by Crippen LogP contribution is -2.53. The number of methoxy groups -OCH3 is 1. The van der Waals surface area contributed by atoms with E-state index in [0.717, 1.165) is 84.6 Å². The summed E-state index contributed by atoms with van der Waals surface area (Å²) in [5.41, 5.74) is 0. The molecule has 0 saturated carbocycles. The molecule has 3 fully saturated rings. The molecule has 3 rings (SSSR count). The van der Waals surface area contributed by atoms with Gasteiger partial charge in [-0.3, -0.25) is 9.59 Å². The van der Waals surface area contributed by atoms with Gasteiger partial charge in [-0.15, -0.1) is 0 Å².